The number of rotatable bonds is 6. The first-order valence-corrected chi connectivity index (χ1v) is 24.7. The van der Waals surface area contributed by atoms with Gasteiger partial charge in [0.05, 0.1) is 49.0 Å². The lowest BCUT2D eigenvalue weighted by molar-refractivity contribution is 1.18. The molecule has 0 saturated carbocycles. The van der Waals surface area contributed by atoms with Gasteiger partial charge in [0.2, 0.25) is 0 Å². The molecule has 70 heavy (non-hydrogen) atoms. The van der Waals surface area contributed by atoms with Crippen molar-refractivity contribution in [1.29, 1.82) is 0 Å². The Bertz CT molecular complexity index is 4550. The van der Waals surface area contributed by atoms with Crippen molar-refractivity contribution < 1.29 is 0 Å². The van der Waals surface area contributed by atoms with Crippen LogP contribution >= 0.6 is 11.3 Å². The van der Waals surface area contributed by atoms with Crippen LogP contribution in [0.3, 0.4) is 0 Å². The Hall–Kier alpha value is -9.03. The second-order valence-corrected chi connectivity index (χ2v) is 19.4. The van der Waals surface area contributed by atoms with Crippen molar-refractivity contribution in [3.63, 3.8) is 0 Å². The summed E-state index contributed by atoms with van der Waals surface area (Å²) in [6.45, 7) is 0. The number of hydrogen-bond acceptors (Lipinski definition) is 2. The number of aromatic nitrogens is 4. The van der Waals surface area contributed by atoms with E-state index in [9.17, 15) is 0 Å². The second kappa shape index (κ2) is 15.2. The fourth-order valence-corrected chi connectivity index (χ4v) is 12.4. The van der Waals surface area contributed by atoms with Gasteiger partial charge in [-0.2, -0.15) is 0 Å². The van der Waals surface area contributed by atoms with E-state index < -0.39 is 0 Å². The lowest BCUT2D eigenvalue weighted by atomic mass is 9.95. The smallest absolute Gasteiger partial charge is 0.0896 e. The summed E-state index contributed by atoms with van der Waals surface area (Å²) in [4.78, 5) is 5.44. The van der Waals surface area contributed by atoms with Crippen LogP contribution in [0.2, 0.25) is 0 Å². The quantitative estimate of drug-likeness (QED) is 0.163. The van der Waals surface area contributed by atoms with Crippen molar-refractivity contribution in [2.45, 2.75) is 0 Å². The first-order chi connectivity index (χ1) is 34.7. The van der Waals surface area contributed by atoms with Gasteiger partial charge in [-0.05, 0) is 125 Å². The maximum Gasteiger partial charge on any atom is 0.0896 e. The van der Waals surface area contributed by atoms with Crippen molar-refractivity contribution in [1.82, 2.24) is 18.7 Å². The molecule has 0 amide bonds. The Balaban J connectivity index is 0.828. The van der Waals surface area contributed by atoms with E-state index in [4.69, 9.17) is 4.98 Å². The molecule has 0 N–H and O–H groups in total. The third-order valence-corrected chi connectivity index (χ3v) is 15.6. The summed E-state index contributed by atoms with van der Waals surface area (Å²) in [6, 6.07) is 88.5. The average Bonchev–Trinajstić information content (AvgIpc) is 4.17. The molecule has 10 aromatic carbocycles. The van der Waals surface area contributed by atoms with Crippen LogP contribution in [0.5, 0.6) is 0 Å². The molecule has 0 aliphatic rings. The highest BCUT2D eigenvalue weighted by Gasteiger charge is 2.19. The number of hydrogen-bond donors (Lipinski definition) is 0. The summed E-state index contributed by atoms with van der Waals surface area (Å²) in [5.74, 6) is 0. The Morgan fingerprint density at radius 2 is 0.814 bits per heavy atom. The predicted octanol–water partition coefficient (Wildman–Crippen LogP) is 17.7. The normalized spacial score (nSPS) is 12.0. The van der Waals surface area contributed by atoms with Gasteiger partial charge in [0.25, 0.3) is 0 Å². The van der Waals surface area contributed by atoms with Crippen molar-refractivity contribution in [2.75, 3.05) is 0 Å². The Kier molecular flexibility index (Phi) is 8.49. The number of thiophene rings is 1. The summed E-state index contributed by atoms with van der Waals surface area (Å²) < 4.78 is 9.60. The highest BCUT2D eigenvalue weighted by molar-refractivity contribution is 7.25. The van der Waals surface area contributed by atoms with E-state index >= 15 is 0 Å². The molecule has 0 bridgehead atoms. The van der Waals surface area contributed by atoms with Crippen LogP contribution < -0.4 is 0 Å². The van der Waals surface area contributed by atoms with Crippen molar-refractivity contribution in [3.05, 3.63) is 243 Å². The fourth-order valence-electron chi connectivity index (χ4n) is 11.3. The van der Waals surface area contributed by atoms with E-state index in [1.807, 2.05) is 0 Å². The molecule has 0 aliphatic heterocycles. The number of fused-ring (bicyclic) bond motifs is 12. The Morgan fingerprint density at radius 3 is 1.57 bits per heavy atom. The van der Waals surface area contributed by atoms with E-state index in [1.165, 1.54) is 102 Å². The average molecular weight is 909 g/mol. The largest absolute Gasteiger partial charge is 0.309 e. The van der Waals surface area contributed by atoms with Gasteiger partial charge in [-0.15, -0.1) is 11.3 Å². The van der Waals surface area contributed by atoms with E-state index in [0.29, 0.717) is 0 Å². The summed E-state index contributed by atoms with van der Waals surface area (Å²) in [7, 11) is 0. The first kappa shape index (κ1) is 39.0. The second-order valence-electron chi connectivity index (χ2n) is 18.3. The van der Waals surface area contributed by atoms with Crippen molar-refractivity contribution in [2.24, 2.45) is 0 Å². The van der Waals surface area contributed by atoms with Crippen LogP contribution in [0, 0.1) is 0 Å². The SMILES string of the molecule is c1ccc(-n2c3ccccc3c3c(-c4cccc(-c5ccc6c(c5)c5ccccc5n6-c5ccc6sc7ccc(-c8cccc(-n9c%10ccccc%10c%10ccccc%109)c8)nc7c6c5)c4)cccc32)cc1. The monoisotopic (exact) mass is 908 g/mol. The van der Waals surface area contributed by atoms with Crippen molar-refractivity contribution in [3.8, 4) is 50.6 Å². The van der Waals surface area contributed by atoms with Gasteiger partial charge in [-0.1, -0.05) is 140 Å². The minimum atomic E-state index is 0.962. The minimum absolute atomic E-state index is 0.962. The van der Waals surface area contributed by atoms with E-state index in [-0.39, 0.29) is 0 Å². The molecule has 0 fully saturated rings. The van der Waals surface area contributed by atoms with Crippen LogP contribution in [-0.4, -0.2) is 18.7 Å². The van der Waals surface area contributed by atoms with E-state index in [0.717, 1.165) is 33.8 Å². The number of para-hydroxylation sites is 5. The molecule has 4 nitrogen and oxygen atoms in total. The third kappa shape index (κ3) is 5.86. The minimum Gasteiger partial charge on any atom is -0.309 e. The lowest BCUT2D eigenvalue weighted by Gasteiger charge is -2.11. The van der Waals surface area contributed by atoms with Gasteiger partial charge in [-0.3, -0.25) is 0 Å². The molecule has 5 heterocycles. The van der Waals surface area contributed by atoms with E-state index in [2.05, 4.69) is 256 Å². The third-order valence-electron chi connectivity index (χ3n) is 14.4. The van der Waals surface area contributed by atoms with Crippen molar-refractivity contribution >= 4 is 97.1 Å². The molecule has 326 valence electrons. The zero-order chi connectivity index (χ0) is 45.9. The molecule has 15 rings (SSSR count). The first-order valence-electron chi connectivity index (χ1n) is 23.9. The standard InChI is InChI=1S/C65H40N4S/c1-2-18-45(19-3-1)67-59-29-11-7-24-52(59)64-48(25-14-30-61(64)67)43-16-12-15-41(37-43)42-31-34-60-53(39-42)51-23-6-10-28-58(51)69(60)47-32-35-62-54(40-47)65-63(70-62)36-33-55(66-65)44-17-13-20-46(38-44)68-56-26-8-4-21-49(56)50-22-5-9-27-57(50)68/h1-40H. The molecule has 0 saturated heterocycles. The summed E-state index contributed by atoms with van der Waals surface area (Å²) >= 11 is 1.81. The molecule has 0 radical (unpaired) electrons. The molecular weight excluding hydrogens is 869 g/mol. The Labute approximate surface area is 406 Å². The summed E-state index contributed by atoms with van der Waals surface area (Å²) in [5, 5.41) is 8.66. The maximum absolute atomic E-state index is 5.44. The maximum atomic E-state index is 5.44. The Morgan fingerprint density at radius 1 is 0.286 bits per heavy atom. The topological polar surface area (TPSA) is 27.7 Å². The molecule has 0 unspecified atom stereocenters. The molecule has 5 heteroatoms. The zero-order valence-corrected chi connectivity index (χ0v) is 38.6. The highest BCUT2D eigenvalue weighted by Crippen LogP contribution is 2.42. The van der Waals surface area contributed by atoms with Gasteiger partial charge >= 0.3 is 0 Å². The van der Waals surface area contributed by atoms with Gasteiger partial charge in [0.1, 0.15) is 0 Å². The molecule has 0 spiro atoms. The number of nitrogens with zero attached hydrogens (tertiary/aromatic N) is 4. The molecule has 15 aromatic rings. The molecule has 0 atom stereocenters. The van der Waals surface area contributed by atoms with Gasteiger partial charge in [0.15, 0.2) is 0 Å². The van der Waals surface area contributed by atoms with Crippen LogP contribution in [0.15, 0.2) is 243 Å². The zero-order valence-electron chi connectivity index (χ0n) is 37.8. The summed E-state index contributed by atoms with van der Waals surface area (Å²) in [5.41, 5.74) is 18.5. The van der Waals surface area contributed by atoms with Crippen LogP contribution in [-0.2, 0) is 0 Å². The summed E-state index contributed by atoms with van der Waals surface area (Å²) in [6.07, 6.45) is 0. The van der Waals surface area contributed by atoms with Gasteiger partial charge < -0.3 is 13.7 Å². The van der Waals surface area contributed by atoms with Crippen LogP contribution in [0.4, 0.5) is 0 Å². The highest BCUT2D eigenvalue weighted by atomic mass is 32.1. The number of pyridine rings is 1. The molecule has 5 aromatic heterocycles. The fraction of sp³-hybridized carbons (Fsp3) is 0. The molecule has 0 aliphatic carbocycles. The molecular formula is C65H40N4S. The van der Waals surface area contributed by atoms with Crippen LogP contribution in [0.25, 0.3) is 136 Å². The van der Waals surface area contributed by atoms with E-state index in [1.54, 1.807) is 11.3 Å². The van der Waals surface area contributed by atoms with Gasteiger partial charge in [-0.25, -0.2) is 4.98 Å². The van der Waals surface area contributed by atoms with Crippen LogP contribution in [0.1, 0.15) is 0 Å². The van der Waals surface area contributed by atoms with Gasteiger partial charge in [0, 0.05) is 65.0 Å². The predicted molar refractivity (Wildman–Crippen MR) is 296 cm³/mol. The lowest BCUT2D eigenvalue weighted by Crippen LogP contribution is -1.95. The number of benzene rings is 10.